The Morgan fingerprint density at radius 3 is 2.68 bits per heavy atom. The number of rotatable bonds is 8. The molecule has 0 unspecified atom stereocenters. The second-order valence-electron chi connectivity index (χ2n) is 5.22. The molecule has 0 saturated carbocycles. The van der Waals surface area contributed by atoms with Crippen molar-refractivity contribution >= 4 is 5.91 Å². The molecule has 0 saturated heterocycles. The minimum Gasteiger partial charge on any atom is -0.494 e. The van der Waals surface area contributed by atoms with Crippen LogP contribution >= 0.6 is 0 Å². The van der Waals surface area contributed by atoms with Crippen molar-refractivity contribution in [1.82, 2.24) is 5.32 Å². The van der Waals surface area contributed by atoms with E-state index in [0.717, 1.165) is 25.0 Å². The van der Waals surface area contributed by atoms with Crippen molar-refractivity contribution in [3.63, 3.8) is 0 Å². The van der Waals surface area contributed by atoms with E-state index < -0.39 is 0 Å². The van der Waals surface area contributed by atoms with Crippen LogP contribution in [-0.2, 0) is 6.42 Å². The lowest BCUT2D eigenvalue weighted by Gasteiger charge is -2.08. The number of carbonyl (C=O) groups is 1. The molecule has 2 aromatic rings. The van der Waals surface area contributed by atoms with Crippen molar-refractivity contribution in [2.45, 2.75) is 26.2 Å². The molecule has 3 nitrogen and oxygen atoms in total. The molecule has 0 aliphatic heterocycles. The van der Waals surface area contributed by atoms with Crippen LogP contribution in [0.2, 0.25) is 0 Å². The molecule has 0 atom stereocenters. The van der Waals surface area contributed by atoms with E-state index in [1.54, 1.807) is 6.07 Å². The van der Waals surface area contributed by atoms with Crippen molar-refractivity contribution in [2.24, 2.45) is 0 Å². The highest BCUT2D eigenvalue weighted by Gasteiger charge is 2.06. The Bertz CT molecular complexity index is 581. The molecule has 0 aromatic heterocycles. The Hall–Kier alpha value is -2.29. The summed E-state index contributed by atoms with van der Waals surface area (Å²) in [7, 11) is 0. The van der Waals surface area contributed by atoms with Gasteiger partial charge in [0.25, 0.3) is 5.91 Å². The number of hydrogen-bond acceptors (Lipinski definition) is 2. The molecule has 22 heavy (non-hydrogen) atoms. The van der Waals surface area contributed by atoms with Gasteiger partial charge in [0.15, 0.2) is 0 Å². The molecular weight excluding hydrogens is 274 g/mol. The molecule has 0 spiro atoms. The minimum absolute atomic E-state index is 0.0585. The van der Waals surface area contributed by atoms with Crippen LogP contribution in [-0.4, -0.2) is 19.1 Å². The Kier molecular flexibility index (Phi) is 6.49. The van der Waals surface area contributed by atoms with E-state index in [2.05, 4.69) is 24.4 Å². The van der Waals surface area contributed by atoms with Crippen LogP contribution < -0.4 is 10.1 Å². The summed E-state index contributed by atoms with van der Waals surface area (Å²) < 4.78 is 5.63. The monoisotopic (exact) mass is 297 g/mol. The first-order valence-electron chi connectivity index (χ1n) is 7.84. The first-order valence-corrected chi connectivity index (χ1v) is 7.84. The quantitative estimate of drug-likeness (QED) is 0.752. The number of nitrogens with one attached hydrogen (secondary N) is 1. The lowest BCUT2D eigenvalue weighted by molar-refractivity contribution is 0.0953. The zero-order valence-corrected chi connectivity index (χ0v) is 13.0. The summed E-state index contributed by atoms with van der Waals surface area (Å²) in [5, 5.41) is 2.95. The van der Waals surface area contributed by atoms with Gasteiger partial charge in [-0.05, 0) is 36.6 Å². The zero-order valence-electron chi connectivity index (χ0n) is 13.0. The van der Waals surface area contributed by atoms with Gasteiger partial charge in [0, 0.05) is 12.1 Å². The molecular formula is C19H23NO2. The fourth-order valence-electron chi connectivity index (χ4n) is 2.13. The summed E-state index contributed by atoms with van der Waals surface area (Å²) in [4.78, 5) is 12.2. The predicted octanol–water partition coefficient (Wildman–Crippen LogP) is 3.84. The summed E-state index contributed by atoms with van der Waals surface area (Å²) in [6.45, 7) is 3.44. The molecule has 116 valence electrons. The Balaban J connectivity index is 1.82. The number of benzene rings is 2. The van der Waals surface area contributed by atoms with Crippen molar-refractivity contribution in [3.8, 4) is 5.75 Å². The van der Waals surface area contributed by atoms with Crippen LogP contribution in [0.15, 0.2) is 54.6 Å². The van der Waals surface area contributed by atoms with E-state index in [9.17, 15) is 4.79 Å². The fraction of sp³-hybridized carbons (Fsp3) is 0.316. The van der Waals surface area contributed by atoms with Gasteiger partial charge in [-0.1, -0.05) is 49.7 Å². The molecule has 1 N–H and O–H groups in total. The van der Waals surface area contributed by atoms with Crippen LogP contribution in [0.4, 0.5) is 0 Å². The Labute approximate surface area is 132 Å². The molecule has 0 bridgehead atoms. The third-order valence-corrected chi connectivity index (χ3v) is 3.40. The second kappa shape index (κ2) is 8.88. The third kappa shape index (κ3) is 5.24. The molecule has 0 aliphatic rings. The maximum atomic E-state index is 12.2. The number of ether oxygens (including phenoxy) is 1. The maximum Gasteiger partial charge on any atom is 0.251 e. The van der Waals surface area contributed by atoms with Gasteiger partial charge in [-0.3, -0.25) is 4.79 Å². The third-order valence-electron chi connectivity index (χ3n) is 3.40. The molecule has 0 heterocycles. The summed E-state index contributed by atoms with van der Waals surface area (Å²) >= 11 is 0. The average molecular weight is 297 g/mol. The van der Waals surface area contributed by atoms with Gasteiger partial charge in [-0.25, -0.2) is 0 Å². The number of carbonyl (C=O) groups excluding carboxylic acids is 1. The minimum atomic E-state index is -0.0585. The van der Waals surface area contributed by atoms with E-state index >= 15 is 0 Å². The van der Waals surface area contributed by atoms with Crippen molar-refractivity contribution in [1.29, 1.82) is 0 Å². The van der Waals surface area contributed by atoms with Gasteiger partial charge >= 0.3 is 0 Å². The highest BCUT2D eigenvalue weighted by molar-refractivity contribution is 5.94. The van der Waals surface area contributed by atoms with Crippen LogP contribution in [0.25, 0.3) is 0 Å². The highest BCUT2D eigenvalue weighted by atomic mass is 16.5. The van der Waals surface area contributed by atoms with Crippen LogP contribution in [0.3, 0.4) is 0 Å². The van der Waals surface area contributed by atoms with Crippen LogP contribution in [0.5, 0.6) is 5.75 Å². The van der Waals surface area contributed by atoms with Crippen molar-refractivity contribution < 1.29 is 9.53 Å². The summed E-state index contributed by atoms with van der Waals surface area (Å²) in [5.74, 6) is 0.695. The summed E-state index contributed by atoms with van der Waals surface area (Å²) in [6, 6.07) is 17.5. The van der Waals surface area contributed by atoms with Crippen molar-refractivity contribution in [3.05, 3.63) is 65.7 Å². The molecule has 2 rings (SSSR count). The Morgan fingerprint density at radius 1 is 1.09 bits per heavy atom. The summed E-state index contributed by atoms with van der Waals surface area (Å²) in [5.41, 5.74) is 1.86. The van der Waals surface area contributed by atoms with E-state index in [1.165, 1.54) is 5.56 Å². The average Bonchev–Trinajstić information content (AvgIpc) is 2.56. The largest absolute Gasteiger partial charge is 0.494 e. The number of hydrogen-bond donors (Lipinski definition) is 1. The molecule has 2 aromatic carbocycles. The standard InChI is InChI=1S/C19H23NO2/c1-2-3-14-22-18-11-7-10-17(15-18)19(21)20-13-12-16-8-5-4-6-9-16/h4-11,15H,2-3,12-14H2,1H3,(H,20,21). The smallest absolute Gasteiger partial charge is 0.251 e. The van der Waals surface area contributed by atoms with E-state index in [1.807, 2.05) is 36.4 Å². The van der Waals surface area contributed by atoms with Crippen LogP contribution in [0.1, 0.15) is 35.7 Å². The van der Waals surface area contributed by atoms with E-state index in [0.29, 0.717) is 18.7 Å². The Morgan fingerprint density at radius 2 is 1.91 bits per heavy atom. The van der Waals surface area contributed by atoms with Gasteiger partial charge in [0.2, 0.25) is 0 Å². The lowest BCUT2D eigenvalue weighted by Crippen LogP contribution is -2.25. The molecule has 0 fully saturated rings. The van der Waals surface area contributed by atoms with E-state index in [-0.39, 0.29) is 5.91 Å². The zero-order chi connectivity index (χ0) is 15.6. The van der Waals surface area contributed by atoms with Crippen LogP contribution in [0, 0.1) is 0 Å². The molecule has 1 amide bonds. The van der Waals surface area contributed by atoms with Gasteiger partial charge in [0.05, 0.1) is 6.61 Å². The molecule has 0 aliphatic carbocycles. The topological polar surface area (TPSA) is 38.3 Å². The van der Waals surface area contributed by atoms with Gasteiger partial charge in [0.1, 0.15) is 5.75 Å². The fourth-order valence-corrected chi connectivity index (χ4v) is 2.13. The first kappa shape index (κ1) is 16.1. The van der Waals surface area contributed by atoms with Gasteiger partial charge in [-0.2, -0.15) is 0 Å². The molecule has 0 radical (unpaired) electrons. The summed E-state index contributed by atoms with van der Waals surface area (Å²) in [6.07, 6.45) is 2.95. The SMILES string of the molecule is CCCCOc1cccc(C(=O)NCCc2ccccc2)c1. The maximum absolute atomic E-state index is 12.2. The van der Waals surface area contributed by atoms with Gasteiger partial charge in [-0.15, -0.1) is 0 Å². The predicted molar refractivity (Wildman–Crippen MR) is 89.3 cm³/mol. The van der Waals surface area contributed by atoms with E-state index in [4.69, 9.17) is 4.74 Å². The second-order valence-corrected chi connectivity index (χ2v) is 5.22. The lowest BCUT2D eigenvalue weighted by atomic mass is 10.1. The molecule has 3 heteroatoms. The normalized spacial score (nSPS) is 10.2. The number of unbranched alkanes of at least 4 members (excludes halogenated alkanes) is 1. The van der Waals surface area contributed by atoms with Crippen molar-refractivity contribution in [2.75, 3.05) is 13.2 Å². The number of amides is 1. The van der Waals surface area contributed by atoms with Gasteiger partial charge < -0.3 is 10.1 Å². The first-order chi connectivity index (χ1) is 10.8. The highest BCUT2D eigenvalue weighted by Crippen LogP contribution is 2.13.